The number of rotatable bonds is 8. The van der Waals surface area contributed by atoms with E-state index in [0.717, 1.165) is 43.4 Å². The summed E-state index contributed by atoms with van der Waals surface area (Å²) in [6.07, 6.45) is 5.32. The molecule has 0 unspecified atom stereocenters. The number of anilines is 1. The summed E-state index contributed by atoms with van der Waals surface area (Å²) >= 11 is 0. The zero-order valence-corrected chi connectivity index (χ0v) is 13.3. The molecule has 2 aromatic rings. The molecule has 2 N–H and O–H groups in total. The van der Waals surface area contributed by atoms with Crippen LogP contribution in [-0.4, -0.2) is 29.6 Å². The summed E-state index contributed by atoms with van der Waals surface area (Å²) < 4.78 is 0. The normalized spacial score (nSPS) is 11.0. The van der Waals surface area contributed by atoms with Crippen LogP contribution in [0.2, 0.25) is 0 Å². The number of aromatic nitrogens is 2. The molecule has 1 aromatic heterocycles. The Bertz CT molecular complexity index is 573. The maximum atomic E-state index is 4.36. The van der Waals surface area contributed by atoms with Crippen molar-refractivity contribution in [2.24, 2.45) is 0 Å². The molecule has 0 atom stereocenters. The second-order valence-corrected chi connectivity index (χ2v) is 5.27. The minimum Gasteiger partial charge on any atom is -0.354 e. The number of aryl methyl sites for hydroxylation is 2. The highest BCUT2D eigenvalue weighted by Crippen LogP contribution is 2.03. The molecule has 4 heteroatoms. The lowest BCUT2D eigenvalue weighted by atomic mass is 10.2. The molecule has 0 spiro atoms. The van der Waals surface area contributed by atoms with E-state index in [-0.39, 0.29) is 0 Å². The number of benzene rings is 1. The topological polar surface area (TPSA) is 49.8 Å². The third-order valence-corrected chi connectivity index (χ3v) is 3.17. The summed E-state index contributed by atoms with van der Waals surface area (Å²) in [6, 6.07) is 12.3. The second kappa shape index (κ2) is 8.95. The van der Waals surface area contributed by atoms with E-state index >= 15 is 0 Å². The van der Waals surface area contributed by atoms with Crippen LogP contribution in [0.1, 0.15) is 23.4 Å². The Morgan fingerprint density at radius 1 is 1.00 bits per heavy atom. The fourth-order valence-corrected chi connectivity index (χ4v) is 2.16. The van der Waals surface area contributed by atoms with Gasteiger partial charge in [-0.15, -0.1) is 0 Å². The van der Waals surface area contributed by atoms with Crippen LogP contribution in [0.25, 0.3) is 6.08 Å². The van der Waals surface area contributed by atoms with Crippen molar-refractivity contribution in [1.82, 2.24) is 15.3 Å². The Hall–Kier alpha value is -2.20. The highest BCUT2D eigenvalue weighted by atomic mass is 15.1. The van der Waals surface area contributed by atoms with Crippen LogP contribution >= 0.6 is 0 Å². The minimum absolute atomic E-state index is 0.724. The van der Waals surface area contributed by atoms with Crippen molar-refractivity contribution in [3.05, 3.63) is 59.4 Å². The van der Waals surface area contributed by atoms with Crippen molar-refractivity contribution in [3.63, 3.8) is 0 Å². The number of nitrogens with zero attached hydrogens (tertiary/aromatic N) is 2. The molecule has 22 heavy (non-hydrogen) atoms. The summed E-state index contributed by atoms with van der Waals surface area (Å²) in [5.74, 6) is 0.724. The van der Waals surface area contributed by atoms with Gasteiger partial charge in [0.15, 0.2) is 0 Å². The van der Waals surface area contributed by atoms with E-state index < -0.39 is 0 Å². The lowest BCUT2D eigenvalue weighted by Gasteiger charge is -2.06. The second-order valence-electron chi connectivity index (χ2n) is 5.27. The van der Waals surface area contributed by atoms with Crippen LogP contribution in [0.15, 0.2) is 42.5 Å². The van der Waals surface area contributed by atoms with E-state index in [9.17, 15) is 0 Å². The van der Waals surface area contributed by atoms with Gasteiger partial charge in [0.1, 0.15) is 0 Å². The molecule has 0 aliphatic rings. The monoisotopic (exact) mass is 296 g/mol. The standard InChI is InChI=1S/C18H24N4/c1-15-14-16(2)22-18(21-15)20-13-7-12-19-11-6-10-17-8-4-3-5-9-17/h3-6,8-10,14,19H,7,11-13H2,1-2H3,(H,20,21,22)/b10-6+. The highest BCUT2D eigenvalue weighted by Gasteiger charge is 1.97. The lowest BCUT2D eigenvalue weighted by molar-refractivity contribution is 0.709. The Morgan fingerprint density at radius 3 is 2.45 bits per heavy atom. The number of hydrogen-bond donors (Lipinski definition) is 2. The SMILES string of the molecule is Cc1cc(C)nc(NCCCNC/C=C/c2ccccc2)n1. The third kappa shape index (κ3) is 6.06. The van der Waals surface area contributed by atoms with Gasteiger partial charge in [-0.2, -0.15) is 0 Å². The van der Waals surface area contributed by atoms with Crippen molar-refractivity contribution in [1.29, 1.82) is 0 Å². The molecule has 1 heterocycles. The van der Waals surface area contributed by atoms with Crippen LogP contribution in [0.3, 0.4) is 0 Å². The first-order chi connectivity index (χ1) is 10.7. The number of nitrogens with one attached hydrogen (secondary N) is 2. The van der Waals surface area contributed by atoms with Gasteiger partial charge >= 0.3 is 0 Å². The molecule has 0 bridgehead atoms. The Kier molecular flexibility index (Phi) is 6.58. The minimum atomic E-state index is 0.724. The molecular weight excluding hydrogens is 272 g/mol. The molecule has 0 saturated heterocycles. The van der Waals surface area contributed by atoms with Gasteiger partial charge in [-0.3, -0.25) is 0 Å². The average Bonchev–Trinajstić information content (AvgIpc) is 2.50. The molecule has 0 aliphatic heterocycles. The highest BCUT2D eigenvalue weighted by molar-refractivity contribution is 5.48. The molecule has 1 aromatic carbocycles. The van der Waals surface area contributed by atoms with Crippen molar-refractivity contribution >= 4 is 12.0 Å². The van der Waals surface area contributed by atoms with E-state index in [0.29, 0.717) is 0 Å². The Morgan fingerprint density at radius 2 is 1.73 bits per heavy atom. The van der Waals surface area contributed by atoms with Gasteiger partial charge in [0, 0.05) is 24.5 Å². The largest absolute Gasteiger partial charge is 0.354 e. The van der Waals surface area contributed by atoms with Crippen LogP contribution in [-0.2, 0) is 0 Å². The van der Waals surface area contributed by atoms with Gasteiger partial charge < -0.3 is 10.6 Å². The summed E-state index contributed by atoms with van der Waals surface area (Å²) in [5, 5.41) is 6.66. The molecule has 0 fully saturated rings. The molecule has 2 rings (SSSR count). The van der Waals surface area contributed by atoms with Crippen molar-refractivity contribution in [2.75, 3.05) is 25.0 Å². The molecule has 0 saturated carbocycles. The van der Waals surface area contributed by atoms with Crippen LogP contribution < -0.4 is 10.6 Å². The molecule has 0 aliphatic carbocycles. The fourth-order valence-electron chi connectivity index (χ4n) is 2.16. The van der Waals surface area contributed by atoms with E-state index in [2.05, 4.69) is 44.9 Å². The average molecular weight is 296 g/mol. The zero-order chi connectivity index (χ0) is 15.6. The smallest absolute Gasteiger partial charge is 0.223 e. The molecule has 0 amide bonds. The predicted molar refractivity (Wildman–Crippen MR) is 93.0 cm³/mol. The molecule has 0 radical (unpaired) electrons. The number of hydrogen-bond acceptors (Lipinski definition) is 4. The molecule has 4 nitrogen and oxygen atoms in total. The van der Waals surface area contributed by atoms with Gasteiger partial charge in [0.25, 0.3) is 0 Å². The van der Waals surface area contributed by atoms with Crippen molar-refractivity contribution in [2.45, 2.75) is 20.3 Å². The van der Waals surface area contributed by atoms with Gasteiger partial charge in [-0.25, -0.2) is 9.97 Å². The van der Waals surface area contributed by atoms with Crippen LogP contribution in [0.4, 0.5) is 5.95 Å². The first kappa shape index (κ1) is 16.2. The van der Waals surface area contributed by atoms with E-state index in [1.54, 1.807) is 0 Å². The van der Waals surface area contributed by atoms with E-state index in [1.807, 2.05) is 38.1 Å². The summed E-state index contributed by atoms with van der Waals surface area (Å²) in [7, 11) is 0. The van der Waals surface area contributed by atoms with E-state index in [4.69, 9.17) is 0 Å². The summed E-state index contributed by atoms with van der Waals surface area (Å²) in [5.41, 5.74) is 3.23. The van der Waals surface area contributed by atoms with Gasteiger partial charge in [0.2, 0.25) is 5.95 Å². The Balaban J connectivity index is 1.57. The maximum absolute atomic E-state index is 4.36. The quantitative estimate of drug-likeness (QED) is 0.735. The molecule has 116 valence electrons. The first-order valence-electron chi connectivity index (χ1n) is 7.72. The maximum Gasteiger partial charge on any atom is 0.223 e. The van der Waals surface area contributed by atoms with Crippen molar-refractivity contribution < 1.29 is 0 Å². The van der Waals surface area contributed by atoms with Crippen LogP contribution in [0.5, 0.6) is 0 Å². The van der Waals surface area contributed by atoms with Gasteiger partial charge in [0.05, 0.1) is 0 Å². The summed E-state index contributed by atoms with van der Waals surface area (Å²) in [6.45, 7) is 6.70. The lowest BCUT2D eigenvalue weighted by Crippen LogP contribution is -2.18. The predicted octanol–water partition coefficient (Wildman–Crippen LogP) is 3.20. The van der Waals surface area contributed by atoms with Gasteiger partial charge in [-0.05, 0) is 38.4 Å². The summed E-state index contributed by atoms with van der Waals surface area (Å²) in [4.78, 5) is 8.72. The first-order valence-corrected chi connectivity index (χ1v) is 7.72. The van der Waals surface area contributed by atoms with E-state index in [1.165, 1.54) is 5.56 Å². The fraction of sp³-hybridized carbons (Fsp3) is 0.333. The van der Waals surface area contributed by atoms with Crippen molar-refractivity contribution in [3.8, 4) is 0 Å². The van der Waals surface area contributed by atoms with Crippen LogP contribution in [0, 0.1) is 13.8 Å². The Labute approximate surface area is 132 Å². The molecular formula is C18H24N4. The van der Waals surface area contributed by atoms with Gasteiger partial charge in [-0.1, -0.05) is 42.5 Å². The third-order valence-electron chi connectivity index (χ3n) is 3.17. The zero-order valence-electron chi connectivity index (χ0n) is 13.3.